The second-order valence-electron chi connectivity index (χ2n) is 4.72. The van der Waals surface area contributed by atoms with Crippen molar-refractivity contribution in [3.8, 4) is 0 Å². The van der Waals surface area contributed by atoms with Gasteiger partial charge in [-0.15, -0.1) is 0 Å². The fraction of sp³-hybridized carbons (Fsp3) is 0.455. The van der Waals surface area contributed by atoms with Crippen molar-refractivity contribution in [1.82, 2.24) is 4.31 Å². The Balaban J connectivity index is 2.35. The molecule has 3 N–H and O–H groups in total. The van der Waals surface area contributed by atoms with Crippen LogP contribution in [0.3, 0.4) is 0 Å². The molecule has 2 rings (SSSR count). The largest absolute Gasteiger partial charge is 0.323 e. The summed E-state index contributed by atoms with van der Waals surface area (Å²) in [4.78, 5) is 0.0364. The highest BCUT2D eigenvalue weighted by Crippen LogP contribution is 2.27. The van der Waals surface area contributed by atoms with Gasteiger partial charge in [-0.25, -0.2) is 16.8 Å². The summed E-state index contributed by atoms with van der Waals surface area (Å²) in [6.07, 6.45) is 0.316. The Hall–Kier alpha value is -1.16. The number of nitrogen functional groups attached to an aromatic ring is 1. The smallest absolute Gasteiger partial charge is 0.245 e. The van der Waals surface area contributed by atoms with E-state index in [1.807, 2.05) is 0 Å². The number of benzene rings is 1. The molecule has 112 valence electrons. The molecule has 7 nitrogen and oxygen atoms in total. The van der Waals surface area contributed by atoms with E-state index in [0.29, 0.717) is 6.42 Å². The fourth-order valence-electron chi connectivity index (χ4n) is 2.22. The number of hydrogen-bond acceptors (Lipinski definition) is 6. The summed E-state index contributed by atoms with van der Waals surface area (Å²) in [5.41, 5.74) is 2.62. The van der Waals surface area contributed by atoms with Crippen molar-refractivity contribution in [2.24, 2.45) is 5.84 Å². The number of nitrogens with zero attached hydrogens (tertiary/aromatic N) is 1. The zero-order valence-electron chi connectivity index (χ0n) is 11.0. The topological polar surface area (TPSA) is 110 Å². The first-order chi connectivity index (χ1) is 9.28. The predicted molar refractivity (Wildman–Crippen MR) is 76.3 cm³/mol. The lowest BCUT2D eigenvalue weighted by atomic mass is 10.3. The maximum absolute atomic E-state index is 12.5. The van der Waals surface area contributed by atoms with E-state index in [-0.39, 0.29) is 22.1 Å². The maximum atomic E-state index is 12.5. The number of hydrogen-bond donors (Lipinski definition) is 2. The van der Waals surface area contributed by atoms with Crippen LogP contribution in [0.25, 0.3) is 0 Å². The average Bonchev–Trinajstić information content (AvgIpc) is 2.78. The van der Waals surface area contributed by atoms with Crippen LogP contribution in [0.15, 0.2) is 29.2 Å². The molecule has 1 aliphatic heterocycles. The monoisotopic (exact) mass is 319 g/mol. The van der Waals surface area contributed by atoms with Crippen LogP contribution in [0.4, 0.5) is 5.69 Å². The summed E-state index contributed by atoms with van der Waals surface area (Å²) in [7, 11) is -5.54. The molecule has 0 spiro atoms. The number of sulfonamides is 1. The molecule has 1 aliphatic rings. The minimum atomic E-state index is -3.79. The molecule has 1 unspecified atom stereocenters. The molecule has 9 heteroatoms. The summed E-state index contributed by atoms with van der Waals surface area (Å²) in [6, 6.07) is 5.70. The molecule has 1 aromatic carbocycles. The summed E-state index contributed by atoms with van der Waals surface area (Å²) >= 11 is 0. The van der Waals surface area contributed by atoms with E-state index >= 15 is 0 Å². The number of rotatable bonds is 4. The van der Waals surface area contributed by atoms with Crippen molar-refractivity contribution in [2.45, 2.75) is 17.4 Å². The Bertz CT molecular complexity index is 700. The van der Waals surface area contributed by atoms with Crippen molar-refractivity contribution in [3.63, 3.8) is 0 Å². The normalized spacial score (nSPS) is 22.1. The molecular weight excluding hydrogens is 302 g/mol. The van der Waals surface area contributed by atoms with Gasteiger partial charge in [-0.05, 0) is 18.6 Å². The molecule has 0 amide bonds. The van der Waals surface area contributed by atoms with Crippen molar-refractivity contribution >= 4 is 25.5 Å². The molecule has 0 bridgehead atoms. The molecule has 1 fully saturated rings. The number of para-hydroxylation sites is 1. The molecule has 0 saturated carbocycles. The Morgan fingerprint density at radius 3 is 2.55 bits per heavy atom. The van der Waals surface area contributed by atoms with Crippen LogP contribution in [0.5, 0.6) is 0 Å². The maximum Gasteiger partial charge on any atom is 0.245 e. The Labute approximate surface area is 118 Å². The van der Waals surface area contributed by atoms with Crippen LogP contribution in [-0.2, 0) is 19.9 Å². The van der Waals surface area contributed by atoms with Gasteiger partial charge in [0, 0.05) is 13.1 Å². The molecule has 0 radical (unpaired) electrons. The highest BCUT2D eigenvalue weighted by Gasteiger charge is 2.37. The Kier molecular flexibility index (Phi) is 4.05. The molecular formula is C11H17N3O4S2. The van der Waals surface area contributed by atoms with Gasteiger partial charge in [0.15, 0.2) is 9.84 Å². The van der Waals surface area contributed by atoms with Crippen LogP contribution < -0.4 is 11.3 Å². The second-order valence-corrected chi connectivity index (χ2v) is 8.91. The predicted octanol–water partition coefficient (Wildman–Crippen LogP) is -0.220. The van der Waals surface area contributed by atoms with E-state index in [9.17, 15) is 16.8 Å². The van der Waals surface area contributed by atoms with Gasteiger partial charge in [0.1, 0.15) is 4.90 Å². The third-order valence-electron chi connectivity index (χ3n) is 3.42. The Morgan fingerprint density at radius 2 is 2.00 bits per heavy atom. The number of nitrogens with two attached hydrogens (primary N) is 1. The summed E-state index contributed by atoms with van der Waals surface area (Å²) in [5, 5.41) is 0. The SMILES string of the molecule is CN(C1CCS(=O)(=O)C1)S(=O)(=O)c1ccccc1NN. The average molecular weight is 319 g/mol. The first-order valence-electron chi connectivity index (χ1n) is 6.02. The van der Waals surface area contributed by atoms with Gasteiger partial charge in [-0.2, -0.15) is 4.31 Å². The van der Waals surface area contributed by atoms with Crippen LogP contribution in [0.2, 0.25) is 0 Å². The van der Waals surface area contributed by atoms with Crippen molar-refractivity contribution in [2.75, 3.05) is 24.0 Å². The minimum Gasteiger partial charge on any atom is -0.323 e. The van der Waals surface area contributed by atoms with E-state index < -0.39 is 25.9 Å². The summed E-state index contributed by atoms with van der Waals surface area (Å²) in [6.45, 7) is 0. The van der Waals surface area contributed by atoms with Crippen LogP contribution in [0, 0.1) is 0 Å². The van der Waals surface area contributed by atoms with E-state index in [4.69, 9.17) is 5.84 Å². The van der Waals surface area contributed by atoms with Crippen molar-refractivity contribution in [1.29, 1.82) is 0 Å². The standard InChI is InChI=1S/C11H17N3O4S2/c1-14(9-6-7-19(15,16)8-9)20(17,18)11-5-3-2-4-10(11)13-12/h2-5,9,13H,6-8,12H2,1H3. The molecule has 0 aliphatic carbocycles. The van der Waals surface area contributed by atoms with Crippen molar-refractivity contribution in [3.05, 3.63) is 24.3 Å². The van der Waals surface area contributed by atoms with E-state index in [1.54, 1.807) is 18.2 Å². The summed E-state index contributed by atoms with van der Waals surface area (Å²) in [5.74, 6) is 5.20. The zero-order valence-corrected chi connectivity index (χ0v) is 12.6. The van der Waals surface area contributed by atoms with Gasteiger partial charge in [-0.3, -0.25) is 5.84 Å². The second kappa shape index (κ2) is 5.32. The fourth-order valence-corrected chi connectivity index (χ4v) is 5.63. The molecule has 20 heavy (non-hydrogen) atoms. The number of sulfone groups is 1. The van der Waals surface area contributed by atoms with Gasteiger partial charge in [0.25, 0.3) is 0 Å². The Morgan fingerprint density at radius 1 is 1.35 bits per heavy atom. The quantitative estimate of drug-likeness (QED) is 0.586. The third kappa shape index (κ3) is 2.80. The van der Waals surface area contributed by atoms with Gasteiger partial charge < -0.3 is 5.43 Å². The van der Waals surface area contributed by atoms with Crippen LogP contribution in [0.1, 0.15) is 6.42 Å². The van der Waals surface area contributed by atoms with E-state index in [2.05, 4.69) is 5.43 Å². The number of nitrogens with one attached hydrogen (secondary N) is 1. The lowest BCUT2D eigenvalue weighted by Gasteiger charge is -2.23. The van der Waals surface area contributed by atoms with Gasteiger partial charge in [-0.1, -0.05) is 12.1 Å². The first-order valence-corrected chi connectivity index (χ1v) is 9.28. The lowest BCUT2D eigenvalue weighted by Crippen LogP contribution is -2.38. The molecule has 1 saturated heterocycles. The third-order valence-corrected chi connectivity index (χ3v) is 7.14. The highest BCUT2D eigenvalue weighted by molar-refractivity contribution is 7.92. The first kappa shape index (κ1) is 15.2. The van der Waals surface area contributed by atoms with E-state index in [0.717, 1.165) is 4.31 Å². The molecule has 1 aromatic rings. The number of anilines is 1. The van der Waals surface area contributed by atoms with E-state index in [1.165, 1.54) is 13.1 Å². The van der Waals surface area contributed by atoms with Crippen LogP contribution in [-0.4, -0.2) is 45.7 Å². The van der Waals surface area contributed by atoms with Gasteiger partial charge in [0.2, 0.25) is 10.0 Å². The molecule has 1 heterocycles. The van der Waals surface area contributed by atoms with Gasteiger partial charge >= 0.3 is 0 Å². The van der Waals surface area contributed by atoms with Crippen LogP contribution >= 0.6 is 0 Å². The van der Waals surface area contributed by atoms with Gasteiger partial charge in [0.05, 0.1) is 17.2 Å². The molecule has 0 aromatic heterocycles. The number of hydrazine groups is 1. The zero-order chi connectivity index (χ0) is 15.0. The van der Waals surface area contributed by atoms with Crippen molar-refractivity contribution < 1.29 is 16.8 Å². The summed E-state index contributed by atoms with van der Waals surface area (Å²) < 4.78 is 49.2. The molecule has 1 atom stereocenters. The highest BCUT2D eigenvalue weighted by atomic mass is 32.2. The minimum absolute atomic E-state index is 0.0221. The lowest BCUT2D eigenvalue weighted by molar-refractivity contribution is 0.394.